The quantitative estimate of drug-likeness (QED) is 0.813. The number of aromatic nitrogens is 1. The van der Waals surface area contributed by atoms with Crippen molar-refractivity contribution in [3.8, 4) is 0 Å². The maximum atomic E-state index is 11.5. The fourth-order valence-electron chi connectivity index (χ4n) is 1.05. The first kappa shape index (κ1) is 11.8. The second-order valence-electron chi connectivity index (χ2n) is 4.92. The van der Waals surface area contributed by atoms with Crippen molar-refractivity contribution >= 4 is 5.91 Å². The zero-order chi connectivity index (χ0) is 11.6. The molecule has 1 amide bonds. The summed E-state index contributed by atoms with van der Waals surface area (Å²) in [5.74, 6) is -0.130. The predicted octanol–water partition coefficient (Wildman–Crippen LogP) is 2.11. The molecule has 0 saturated heterocycles. The average Bonchev–Trinajstić information content (AvgIpc) is 2.48. The number of nitrogens with one attached hydrogen (secondary N) is 1. The molecular weight excluding hydrogens is 192 g/mol. The lowest BCUT2D eigenvalue weighted by Crippen LogP contribution is -2.30. The SMILES string of the molecule is CC(C)NC(=O)c1nc(C(C)(C)C)co1. The van der Waals surface area contributed by atoms with Crippen LogP contribution in [0.5, 0.6) is 0 Å². The molecule has 0 unspecified atom stereocenters. The lowest BCUT2D eigenvalue weighted by molar-refractivity contribution is 0.0908. The lowest BCUT2D eigenvalue weighted by Gasteiger charge is -2.12. The highest BCUT2D eigenvalue weighted by molar-refractivity contribution is 5.89. The summed E-state index contributed by atoms with van der Waals surface area (Å²) in [6.45, 7) is 9.86. The fourth-order valence-corrected chi connectivity index (χ4v) is 1.05. The number of carbonyl (C=O) groups is 1. The zero-order valence-corrected chi connectivity index (χ0v) is 9.92. The second-order valence-corrected chi connectivity index (χ2v) is 4.92. The minimum atomic E-state index is -0.263. The molecule has 0 aliphatic carbocycles. The van der Waals surface area contributed by atoms with Crippen LogP contribution in [0.3, 0.4) is 0 Å². The third-order valence-electron chi connectivity index (χ3n) is 1.89. The van der Waals surface area contributed by atoms with Crippen molar-refractivity contribution in [2.45, 2.75) is 46.1 Å². The Bertz CT molecular complexity index is 348. The van der Waals surface area contributed by atoms with E-state index in [0.717, 1.165) is 5.69 Å². The van der Waals surface area contributed by atoms with E-state index >= 15 is 0 Å². The van der Waals surface area contributed by atoms with Gasteiger partial charge < -0.3 is 9.73 Å². The van der Waals surface area contributed by atoms with Crippen LogP contribution < -0.4 is 5.32 Å². The molecule has 1 heterocycles. The molecule has 4 nitrogen and oxygen atoms in total. The van der Waals surface area contributed by atoms with Gasteiger partial charge in [-0.05, 0) is 13.8 Å². The number of hydrogen-bond acceptors (Lipinski definition) is 3. The molecule has 0 radical (unpaired) electrons. The van der Waals surface area contributed by atoms with Gasteiger partial charge in [0.15, 0.2) is 0 Å². The first-order valence-electron chi connectivity index (χ1n) is 5.07. The van der Waals surface area contributed by atoms with E-state index in [1.54, 1.807) is 0 Å². The van der Waals surface area contributed by atoms with Gasteiger partial charge in [-0.15, -0.1) is 0 Å². The second kappa shape index (κ2) is 4.04. The third kappa shape index (κ3) is 3.08. The van der Waals surface area contributed by atoms with E-state index in [0.29, 0.717) is 0 Å². The number of rotatable bonds is 2. The Hall–Kier alpha value is -1.32. The molecule has 0 aromatic carbocycles. The van der Waals surface area contributed by atoms with Crippen LogP contribution in [0.2, 0.25) is 0 Å². The van der Waals surface area contributed by atoms with Crippen LogP contribution in [0.4, 0.5) is 0 Å². The molecule has 0 bridgehead atoms. The van der Waals surface area contributed by atoms with E-state index in [2.05, 4.69) is 10.3 Å². The lowest BCUT2D eigenvalue weighted by atomic mass is 9.93. The van der Waals surface area contributed by atoms with Crippen LogP contribution in [-0.4, -0.2) is 16.9 Å². The Morgan fingerprint density at radius 2 is 2.07 bits per heavy atom. The van der Waals surface area contributed by atoms with E-state index in [1.807, 2.05) is 34.6 Å². The molecule has 0 aliphatic heterocycles. The van der Waals surface area contributed by atoms with Gasteiger partial charge in [-0.3, -0.25) is 4.79 Å². The number of oxazole rings is 1. The predicted molar refractivity (Wildman–Crippen MR) is 57.8 cm³/mol. The van der Waals surface area contributed by atoms with Crippen molar-refractivity contribution in [1.29, 1.82) is 0 Å². The fraction of sp³-hybridized carbons (Fsp3) is 0.636. The zero-order valence-electron chi connectivity index (χ0n) is 9.92. The Morgan fingerprint density at radius 3 is 2.47 bits per heavy atom. The molecule has 1 aromatic heterocycles. The molecule has 1 N–H and O–H groups in total. The van der Waals surface area contributed by atoms with Crippen LogP contribution in [0, 0.1) is 0 Å². The topological polar surface area (TPSA) is 55.1 Å². The van der Waals surface area contributed by atoms with Crippen molar-refractivity contribution in [3.63, 3.8) is 0 Å². The summed E-state index contributed by atoms with van der Waals surface area (Å²) in [4.78, 5) is 15.7. The number of nitrogens with zero attached hydrogens (tertiary/aromatic N) is 1. The van der Waals surface area contributed by atoms with Gasteiger partial charge in [0.25, 0.3) is 5.89 Å². The van der Waals surface area contributed by atoms with Gasteiger partial charge in [0.2, 0.25) is 0 Å². The number of carbonyl (C=O) groups excluding carboxylic acids is 1. The third-order valence-corrected chi connectivity index (χ3v) is 1.89. The molecule has 4 heteroatoms. The molecule has 0 atom stereocenters. The molecule has 15 heavy (non-hydrogen) atoms. The van der Waals surface area contributed by atoms with Crippen LogP contribution >= 0.6 is 0 Å². The van der Waals surface area contributed by atoms with Crippen LogP contribution in [0.25, 0.3) is 0 Å². The Balaban J connectivity index is 2.81. The number of hydrogen-bond donors (Lipinski definition) is 1. The molecule has 84 valence electrons. The first-order chi connectivity index (χ1) is 6.80. The molecule has 0 spiro atoms. The standard InChI is InChI=1S/C11H18N2O2/c1-7(2)12-9(14)10-13-8(6-15-10)11(3,4)5/h6-7H,1-5H3,(H,12,14). The van der Waals surface area contributed by atoms with E-state index < -0.39 is 0 Å². The maximum Gasteiger partial charge on any atom is 0.307 e. The van der Waals surface area contributed by atoms with E-state index in [9.17, 15) is 4.79 Å². The van der Waals surface area contributed by atoms with E-state index in [1.165, 1.54) is 6.26 Å². The summed E-state index contributed by atoms with van der Waals surface area (Å²) in [7, 11) is 0. The summed E-state index contributed by atoms with van der Waals surface area (Å²) in [5.41, 5.74) is 0.691. The Labute approximate surface area is 90.1 Å². The van der Waals surface area contributed by atoms with Crippen molar-refractivity contribution in [2.24, 2.45) is 0 Å². The van der Waals surface area contributed by atoms with Crippen molar-refractivity contribution < 1.29 is 9.21 Å². The summed E-state index contributed by atoms with van der Waals surface area (Å²) in [6, 6.07) is 0.0856. The highest BCUT2D eigenvalue weighted by Gasteiger charge is 2.21. The molecule has 1 rings (SSSR count). The maximum absolute atomic E-state index is 11.5. The van der Waals surface area contributed by atoms with E-state index in [-0.39, 0.29) is 23.3 Å². The van der Waals surface area contributed by atoms with Gasteiger partial charge in [-0.2, -0.15) is 0 Å². The smallest absolute Gasteiger partial charge is 0.307 e. The number of amides is 1. The minimum absolute atomic E-state index is 0.0856. The monoisotopic (exact) mass is 210 g/mol. The van der Waals surface area contributed by atoms with E-state index in [4.69, 9.17) is 4.42 Å². The van der Waals surface area contributed by atoms with Crippen molar-refractivity contribution in [1.82, 2.24) is 10.3 Å². The van der Waals surface area contributed by atoms with Crippen LogP contribution in [0.15, 0.2) is 10.7 Å². The molecule has 0 saturated carbocycles. The summed E-state index contributed by atoms with van der Waals surface area (Å²) in [5, 5.41) is 2.73. The van der Waals surface area contributed by atoms with Gasteiger partial charge in [-0.1, -0.05) is 20.8 Å². The summed E-state index contributed by atoms with van der Waals surface area (Å²) in [6.07, 6.45) is 1.54. The average molecular weight is 210 g/mol. The first-order valence-corrected chi connectivity index (χ1v) is 5.07. The Kier molecular flexibility index (Phi) is 3.17. The minimum Gasteiger partial charge on any atom is -0.441 e. The van der Waals surface area contributed by atoms with Gasteiger partial charge in [0.1, 0.15) is 6.26 Å². The van der Waals surface area contributed by atoms with Gasteiger partial charge in [0, 0.05) is 11.5 Å². The van der Waals surface area contributed by atoms with Gasteiger partial charge >= 0.3 is 5.91 Å². The largest absolute Gasteiger partial charge is 0.441 e. The van der Waals surface area contributed by atoms with Crippen molar-refractivity contribution in [3.05, 3.63) is 17.8 Å². The highest BCUT2D eigenvalue weighted by Crippen LogP contribution is 2.20. The molecule has 0 aliphatic rings. The molecule has 1 aromatic rings. The normalized spacial score (nSPS) is 11.9. The van der Waals surface area contributed by atoms with Crippen LogP contribution in [-0.2, 0) is 5.41 Å². The molecular formula is C11H18N2O2. The van der Waals surface area contributed by atoms with Crippen molar-refractivity contribution in [2.75, 3.05) is 0 Å². The summed E-state index contributed by atoms with van der Waals surface area (Å²) >= 11 is 0. The Morgan fingerprint density at radius 1 is 1.47 bits per heavy atom. The highest BCUT2D eigenvalue weighted by atomic mass is 16.4. The van der Waals surface area contributed by atoms with Crippen LogP contribution in [0.1, 0.15) is 51.0 Å². The van der Waals surface area contributed by atoms with Gasteiger partial charge in [-0.25, -0.2) is 4.98 Å². The summed E-state index contributed by atoms with van der Waals surface area (Å²) < 4.78 is 5.13. The van der Waals surface area contributed by atoms with Gasteiger partial charge in [0.05, 0.1) is 5.69 Å². The molecule has 0 fully saturated rings.